The number of halogens is 5. The predicted octanol–water partition coefficient (Wildman–Crippen LogP) is 4.79. The van der Waals surface area contributed by atoms with Crippen molar-refractivity contribution in [3.63, 3.8) is 0 Å². The van der Waals surface area contributed by atoms with Gasteiger partial charge >= 0.3 is 6.18 Å². The van der Waals surface area contributed by atoms with Crippen molar-refractivity contribution in [1.82, 2.24) is 9.78 Å². The van der Waals surface area contributed by atoms with Crippen LogP contribution in [0.3, 0.4) is 0 Å². The van der Waals surface area contributed by atoms with Gasteiger partial charge in [-0.3, -0.25) is 0 Å². The smallest absolute Gasteiger partial charge is 0.396 e. The Hall–Kier alpha value is -2.42. The Morgan fingerprint density at radius 3 is 2.46 bits per heavy atom. The Bertz CT molecular complexity index is 910. The van der Waals surface area contributed by atoms with Crippen molar-refractivity contribution in [2.75, 3.05) is 5.73 Å². The highest BCUT2D eigenvalue weighted by atomic mass is 32.1. The molecule has 2 aromatic heterocycles. The molecule has 2 N–H and O–H groups in total. The molecule has 2 heterocycles. The first-order chi connectivity index (χ1) is 11.2. The van der Waals surface area contributed by atoms with Crippen LogP contribution in [-0.2, 0) is 6.18 Å². The van der Waals surface area contributed by atoms with Crippen molar-refractivity contribution in [2.24, 2.45) is 0 Å². The van der Waals surface area contributed by atoms with E-state index in [1.807, 2.05) is 0 Å². The van der Waals surface area contributed by atoms with E-state index < -0.39 is 34.9 Å². The van der Waals surface area contributed by atoms with E-state index >= 15 is 0 Å². The van der Waals surface area contributed by atoms with Crippen molar-refractivity contribution in [2.45, 2.75) is 13.1 Å². The normalized spacial score (nSPS) is 11.9. The minimum Gasteiger partial charge on any atom is -0.396 e. The van der Waals surface area contributed by atoms with Crippen LogP contribution in [0.15, 0.2) is 30.5 Å². The molecule has 1 aromatic carbocycles. The lowest BCUT2D eigenvalue weighted by Crippen LogP contribution is -2.16. The molecule has 0 fully saturated rings. The third kappa shape index (κ3) is 2.75. The molecular formula is C15H10F5N3S. The second-order valence-electron chi connectivity index (χ2n) is 5.05. The van der Waals surface area contributed by atoms with Gasteiger partial charge in [0.2, 0.25) is 0 Å². The zero-order chi connectivity index (χ0) is 17.6. The molecule has 126 valence electrons. The number of hydrogen-bond acceptors (Lipinski definition) is 3. The maximum atomic E-state index is 14.4. The van der Waals surface area contributed by atoms with Gasteiger partial charge in [-0.1, -0.05) is 0 Å². The molecule has 0 unspecified atom stereocenters. The van der Waals surface area contributed by atoms with Crippen LogP contribution in [0.4, 0.5) is 27.6 Å². The summed E-state index contributed by atoms with van der Waals surface area (Å²) in [6.07, 6.45) is -4.06. The summed E-state index contributed by atoms with van der Waals surface area (Å²) in [5.41, 5.74) is 2.87. The lowest BCUT2D eigenvalue weighted by molar-refractivity contribution is -0.142. The van der Waals surface area contributed by atoms with Crippen LogP contribution in [0.1, 0.15) is 10.6 Å². The first-order valence-electron chi connectivity index (χ1n) is 6.65. The maximum Gasteiger partial charge on any atom is 0.435 e. The Labute approximate surface area is 137 Å². The number of hydrogen-bond donors (Lipinski definition) is 1. The number of alkyl halides is 3. The van der Waals surface area contributed by atoms with E-state index in [1.165, 1.54) is 11.3 Å². The summed E-state index contributed by atoms with van der Waals surface area (Å²) in [6.45, 7) is 1.77. The summed E-state index contributed by atoms with van der Waals surface area (Å²) in [4.78, 5) is 1.26. The molecule has 0 spiro atoms. The predicted molar refractivity (Wildman–Crippen MR) is 80.9 cm³/mol. The van der Waals surface area contributed by atoms with E-state index in [0.29, 0.717) is 15.6 Å². The van der Waals surface area contributed by atoms with Gasteiger partial charge in [-0.05, 0) is 25.1 Å². The molecule has 3 rings (SSSR count). The number of nitrogen functional groups attached to an aromatic ring is 1. The quantitative estimate of drug-likeness (QED) is 0.669. The molecule has 3 aromatic rings. The summed E-state index contributed by atoms with van der Waals surface area (Å²) in [5, 5.41) is 3.55. The van der Waals surface area contributed by atoms with Crippen LogP contribution in [-0.4, -0.2) is 9.78 Å². The van der Waals surface area contributed by atoms with Gasteiger partial charge in [0.05, 0.1) is 11.9 Å². The fourth-order valence-corrected chi connectivity index (χ4v) is 3.25. The van der Waals surface area contributed by atoms with Gasteiger partial charge in [-0.2, -0.15) is 18.3 Å². The Morgan fingerprint density at radius 2 is 1.88 bits per heavy atom. The van der Waals surface area contributed by atoms with Gasteiger partial charge in [0, 0.05) is 21.4 Å². The summed E-state index contributed by atoms with van der Waals surface area (Å²) in [5.74, 6) is -2.06. The van der Waals surface area contributed by atoms with Crippen LogP contribution in [0.5, 0.6) is 0 Å². The van der Waals surface area contributed by atoms with E-state index in [2.05, 4.69) is 5.10 Å². The van der Waals surface area contributed by atoms with Crippen LogP contribution < -0.4 is 5.73 Å². The van der Waals surface area contributed by atoms with Crippen LogP contribution >= 0.6 is 11.3 Å². The number of rotatable bonds is 2. The fourth-order valence-electron chi connectivity index (χ4n) is 2.36. The first-order valence-corrected chi connectivity index (χ1v) is 7.47. The number of benzene rings is 1. The SMILES string of the molecule is Cc1ccc(-c2cc(F)cc(F)c2-n2ncc(N)c2C(F)(F)F)s1. The molecule has 0 radical (unpaired) electrons. The summed E-state index contributed by atoms with van der Waals surface area (Å²) < 4.78 is 68.1. The van der Waals surface area contributed by atoms with Crippen molar-refractivity contribution in [3.8, 4) is 16.1 Å². The van der Waals surface area contributed by atoms with Crippen molar-refractivity contribution >= 4 is 17.0 Å². The molecule has 0 aliphatic heterocycles. The Morgan fingerprint density at radius 1 is 1.17 bits per heavy atom. The molecule has 0 saturated heterocycles. The molecule has 0 aliphatic carbocycles. The summed E-state index contributed by atoms with van der Waals surface area (Å²) >= 11 is 1.20. The first kappa shape index (κ1) is 16.4. The molecule has 0 atom stereocenters. The monoisotopic (exact) mass is 359 g/mol. The second kappa shape index (κ2) is 5.59. The summed E-state index contributed by atoms with van der Waals surface area (Å²) in [6, 6.07) is 4.77. The van der Waals surface area contributed by atoms with Crippen molar-refractivity contribution in [3.05, 3.63) is 52.7 Å². The third-order valence-corrected chi connectivity index (χ3v) is 4.35. The highest BCUT2D eigenvalue weighted by molar-refractivity contribution is 7.15. The van der Waals surface area contributed by atoms with E-state index in [-0.39, 0.29) is 5.56 Å². The zero-order valence-electron chi connectivity index (χ0n) is 12.2. The maximum absolute atomic E-state index is 14.4. The molecule has 9 heteroatoms. The van der Waals surface area contributed by atoms with E-state index in [1.54, 1.807) is 19.1 Å². The Balaban J connectivity index is 2.34. The van der Waals surface area contributed by atoms with Crippen LogP contribution in [0.25, 0.3) is 16.1 Å². The molecule has 0 aliphatic rings. The standard InChI is InChI=1S/C15H10F5N3S/c1-7-2-3-12(24-7)9-4-8(16)5-10(17)13(9)23-14(15(18,19)20)11(21)6-22-23/h2-6H,21H2,1H3. The minimum absolute atomic E-state index is 0.0285. The van der Waals surface area contributed by atoms with Gasteiger partial charge in [0.25, 0.3) is 0 Å². The van der Waals surface area contributed by atoms with Crippen LogP contribution in [0, 0.1) is 18.6 Å². The van der Waals surface area contributed by atoms with E-state index in [9.17, 15) is 22.0 Å². The van der Waals surface area contributed by atoms with Gasteiger partial charge in [-0.15, -0.1) is 11.3 Å². The number of anilines is 1. The van der Waals surface area contributed by atoms with Crippen molar-refractivity contribution < 1.29 is 22.0 Å². The minimum atomic E-state index is -4.84. The third-order valence-electron chi connectivity index (χ3n) is 3.31. The topological polar surface area (TPSA) is 43.8 Å². The van der Waals surface area contributed by atoms with Gasteiger partial charge in [0.1, 0.15) is 11.5 Å². The fraction of sp³-hybridized carbons (Fsp3) is 0.133. The Kier molecular flexibility index (Phi) is 3.83. The lowest BCUT2D eigenvalue weighted by Gasteiger charge is -2.15. The zero-order valence-corrected chi connectivity index (χ0v) is 13.0. The van der Waals surface area contributed by atoms with Gasteiger partial charge < -0.3 is 5.73 Å². The largest absolute Gasteiger partial charge is 0.435 e. The molecule has 0 amide bonds. The number of aromatic nitrogens is 2. The molecule has 3 nitrogen and oxygen atoms in total. The molecule has 24 heavy (non-hydrogen) atoms. The number of nitrogens with two attached hydrogens (primary N) is 1. The number of aryl methyl sites for hydroxylation is 1. The molecular weight excluding hydrogens is 349 g/mol. The lowest BCUT2D eigenvalue weighted by atomic mass is 10.1. The number of nitrogens with zero attached hydrogens (tertiary/aromatic N) is 2. The van der Waals surface area contributed by atoms with Gasteiger partial charge in [0.15, 0.2) is 11.5 Å². The molecule has 0 bridgehead atoms. The average Bonchev–Trinajstić information content (AvgIpc) is 3.03. The van der Waals surface area contributed by atoms with E-state index in [0.717, 1.165) is 17.1 Å². The highest BCUT2D eigenvalue weighted by Gasteiger charge is 2.39. The van der Waals surface area contributed by atoms with Gasteiger partial charge in [-0.25, -0.2) is 13.5 Å². The molecule has 0 saturated carbocycles. The van der Waals surface area contributed by atoms with Crippen LogP contribution in [0.2, 0.25) is 0 Å². The van der Waals surface area contributed by atoms with Crippen molar-refractivity contribution in [1.29, 1.82) is 0 Å². The van der Waals surface area contributed by atoms with E-state index in [4.69, 9.17) is 5.73 Å². The summed E-state index contributed by atoms with van der Waals surface area (Å²) in [7, 11) is 0. The number of thiophene rings is 1. The average molecular weight is 359 g/mol. The second-order valence-corrected chi connectivity index (χ2v) is 6.34. The highest BCUT2D eigenvalue weighted by Crippen LogP contribution is 2.39.